The maximum absolute atomic E-state index is 2.53. The first-order valence-corrected chi connectivity index (χ1v) is 19.8. The van der Waals surface area contributed by atoms with E-state index in [-0.39, 0.29) is 0 Å². The van der Waals surface area contributed by atoms with Crippen molar-refractivity contribution >= 4 is 21.5 Å². The van der Waals surface area contributed by atoms with Crippen LogP contribution in [0.1, 0.15) is 22.3 Å². The molecule has 10 aromatic rings. The Labute approximate surface area is 334 Å². The minimum absolute atomic E-state index is 0.561. The number of hydrogen-bond acceptors (Lipinski definition) is 0. The third-order valence-corrected chi connectivity index (χ3v) is 12.1. The van der Waals surface area contributed by atoms with Crippen LogP contribution in [-0.2, 0) is 5.41 Å². The second-order valence-corrected chi connectivity index (χ2v) is 15.2. The average Bonchev–Trinajstić information content (AvgIpc) is 3.60. The molecule has 0 heterocycles. The minimum atomic E-state index is -0.561. The summed E-state index contributed by atoms with van der Waals surface area (Å²) in [5.41, 5.74) is 17.0. The molecule has 0 aromatic heterocycles. The summed E-state index contributed by atoms with van der Waals surface area (Å²) < 4.78 is 0. The number of benzene rings is 10. The van der Waals surface area contributed by atoms with E-state index >= 15 is 0 Å². The molecule has 0 aliphatic heterocycles. The van der Waals surface area contributed by atoms with Crippen molar-refractivity contribution in [2.24, 2.45) is 0 Å². The molecule has 1 aliphatic rings. The third kappa shape index (κ3) is 5.29. The van der Waals surface area contributed by atoms with Gasteiger partial charge in [0.05, 0.1) is 5.41 Å². The standard InChI is InChI=1S/C57H38/c1-4-17-39(18-5-1)41-21-14-22-42(35-41)43-23-15-24-44(36-43)45-33-34-52-54(37-45)57(46-25-6-2-7-26-46,47-27-8-3-9-28-47)55-38-53(50-30-12-13-31-51(50)56(52)55)49-32-16-20-40-19-10-11-29-48(40)49/h1-38H. The van der Waals surface area contributed by atoms with Gasteiger partial charge in [-0.3, -0.25) is 0 Å². The normalized spacial score (nSPS) is 12.7. The number of rotatable bonds is 6. The topological polar surface area (TPSA) is 0 Å². The summed E-state index contributed by atoms with van der Waals surface area (Å²) in [5, 5.41) is 5.06. The van der Waals surface area contributed by atoms with Gasteiger partial charge in [0.15, 0.2) is 0 Å². The SMILES string of the molecule is c1ccc(-c2cccc(-c3cccc(-c4ccc5c(c4)C(c4ccccc4)(c4ccccc4)c4cc(-c6cccc7ccccc67)c6ccccc6c4-5)c3)c2)cc1. The molecule has 57 heavy (non-hydrogen) atoms. The van der Waals surface area contributed by atoms with Gasteiger partial charge in [0, 0.05) is 0 Å². The largest absolute Gasteiger partial charge is 0.0714 e. The van der Waals surface area contributed by atoms with Crippen LogP contribution in [0.3, 0.4) is 0 Å². The Balaban J connectivity index is 1.17. The first kappa shape index (κ1) is 33.1. The van der Waals surface area contributed by atoms with Crippen LogP contribution < -0.4 is 0 Å². The quantitative estimate of drug-likeness (QED) is 0.160. The average molecular weight is 723 g/mol. The van der Waals surface area contributed by atoms with Crippen molar-refractivity contribution in [2.75, 3.05) is 0 Å². The minimum Gasteiger partial charge on any atom is -0.0622 e. The van der Waals surface area contributed by atoms with Gasteiger partial charge in [-0.15, -0.1) is 0 Å². The van der Waals surface area contributed by atoms with Crippen molar-refractivity contribution in [3.05, 3.63) is 253 Å². The van der Waals surface area contributed by atoms with Gasteiger partial charge in [-0.25, -0.2) is 0 Å². The van der Waals surface area contributed by atoms with E-state index in [4.69, 9.17) is 0 Å². The zero-order valence-electron chi connectivity index (χ0n) is 31.4. The molecule has 10 aromatic carbocycles. The Bertz CT molecular complexity index is 3060. The third-order valence-electron chi connectivity index (χ3n) is 12.1. The first-order chi connectivity index (χ1) is 28.3. The maximum atomic E-state index is 2.53. The van der Waals surface area contributed by atoms with Crippen molar-refractivity contribution in [3.63, 3.8) is 0 Å². The van der Waals surface area contributed by atoms with Gasteiger partial charge in [0.25, 0.3) is 0 Å². The van der Waals surface area contributed by atoms with E-state index in [2.05, 4.69) is 231 Å². The van der Waals surface area contributed by atoms with E-state index < -0.39 is 5.41 Å². The Morgan fingerprint density at radius 3 is 1.37 bits per heavy atom. The van der Waals surface area contributed by atoms with Crippen LogP contribution in [-0.4, -0.2) is 0 Å². The second-order valence-electron chi connectivity index (χ2n) is 15.2. The summed E-state index contributed by atoms with van der Waals surface area (Å²) in [7, 11) is 0. The lowest BCUT2D eigenvalue weighted by molar-refractivity contribution is 0.769. The van der Waals surface area contributed by atoms with Crippen LogP contribution in [0.15, 0.2) is 231 Å². The predicted octanol–water partition coefficient (Wildman–Crippen LogP) is 15.0. The molecule has 0 saturated carbocycles. The number of hydrogen-bond donors (Lipinski definition) is 0. The highest BCUT2D eigenvalue weighted by molar-refractivity contribution is 6.13. The van der Waals surface area contributed by atoms with Crippen LogP contribution >= 0.6 is 0 Å². The maximum Gasteiger partial charge on any atom is 0.0714 e. The summed E-state index contributed by atoms with van der Waals surface area (Å²) in [5.74, 6) is 0. The summed E-state index contributed by atoms with van der Waals surface area (Å²) >= 11 is 0. The Morgan fingerprint density at radius 2 is 0.719 bits per heavy atom. The monoisotopic (exact) mass is 722 g/mol. The molecule has 0 fully saturated rings. The van der Waals surface area contributed by atoms with E-state index in [0.29, 0.717) is 0 Å². The van der Waals surface area contributed by atoms with Gasteiger partial charge < -0.3 is 0 Å². The molecule has 266 valence electrons. The van der Waals surface area contributed by atoms with Crippen molar-refractivity contribution in [3.8, 4) is 55.6 Å². The Morgan fingerprint density at radius 1 is 0.246 bits per heavy atom. The molecule has 0 amide bonds. The van der Waals surface area contributed by atoms with Gasteiger partial charge in [-0.05, 0) is 124 Å². The fourth-order valence-corrected chi connectivity index (χ4v) is 9.59. The van der Waals surface area contributed by atoms with E-state index in [1.807, 2.05) is 0 Å². The fraction of sp³-hybridized carbons (Fsp3) is 0.0175. The molecule has 1 aliphatic carbocycles. The lowest BCUT2D eigenvalue weighted by atomic mass is 9.67. The summed E-state index contributed by atoms with van der Waals surface area (Å²) in [4.78, 5) is 0. The second kappa shape index (κ2) is 13.5. The van der Waals surface area contributed by atoms with Gasteiger partial charge >= 0.3 is 0 Å². The molecular formula is C57H38. The zero-order chi connectivity index (χ0) is 37.8. The molecule has 0 radical (unpaired) electrons. The molecule has 0 unspecified atom stereocenters. The van der Waals surface area contributed by atoms with Gasteiger partial charge in [0.1, 0.15) is 0 Å². The molecular weight excluding hydrogens is 685 g/mol. The molecule has 0 bridgehead atoms. The smallest absolute Gasteiger partial charge is 0.0622 e. The van der Waals surface area contributed by atoms with E-state index in [1.165, 1.54) is 99.4 Å². The van der Waals surface area contributed by atoms with Gasteiger partial charge in [-0.1, -0.05) is 206 Å². The fourth-order valence-electron chi connectivity index (χ4n) is 9.59. The van der Waals surface area contributed by atoms with Crippen molar-refractivity contribution < 1.29 is 0 Å². The van der Waals surface area contributed by atoms with Crippen LogP contribution in [0, 0.1) is 0 Å². The van der Waals surface area contributed by atoms with Crippen molar-refractivity contribution in [2.45, 2.75) is 5.41 Å². The van der Waals surface area contributed by atoms with Gasteiger partial charge in [0.2, 0.25) is 0 Å². The Kier molecular flexibility index (Phi) is 7.83. The van der Waals surface area contributed by atoms with E-state index in [1.54, 1.807) is 0 Å². The van der Waals surface area contributed by atoms with E-state index in [9.17, 15) is 0 Å². The molecule has 0 atom stereocenters. The molecule has 0 saturated heterocycles. The number of fused-ring (bicyclic) bond motifs is 6. The molecule has 0 nitrogen and oxygen atoms in total. The lowest BCUT2D eigenvalue weighted by Crippen LogP contribution is -2.28. The molecule has 11 rings (SSSR count). The van der Waals surface area contributed by atoms with Gasteiger partial charge in [-0.2, -0.15) is 0 Å². The first-order valence-electron chi connectivity index (χ1n) is 19.8. The van der Waals surface area contributed by atoms with E-state index in [0.717, 1.165) is 0 Å². The van der Waals surface area contributed by atoms with Crippen LogP contribution in [0.25, 0.3) is 77.2 Å². The summed E-state index contributed by atoms with van der Waals surface area (Å²) in [6, 6.07) is 85.2. The summed E-state index contributed by atoms with van der Waals surface area (Å²) in [6.45, 7) is 0. The lowest BCUT2D eigenvalue weighted by Gasteiger charge is -2.34. The molecule has 0 spiro atoms. The molecule has 0 N–H and O–H groups in total. The van der Waals surface area contributed by atoms with Crippen molar-refractivity contribution in [1.29, 1.82) is 0 Å². The summed E-state index contributed by atoms with van der Waals surface area (Å²) in [6.07, 6.45) is 0. The van der Waals surface area contributed by atoms with Crippen molar-refractivity contribution in [1.82, 2.24) is 0 Å². The predicted molar refractivity (Wildman–Crippen MR) is 241 cm³/mol. The molecule has 0 heteroatoms. The highest BCUT2D eigenvalue weighted by atomic mass is 14.5. The Hall–Kier alpha value is -7.28. The van der Waals surface area contributed by atoms with Crippen LogP contribution in [0.5, 0.6) is 0 Å². The highest BCUT2D eigenvalue weighted by Gasteiger charge is 2.47. The van der Waals surface area contributed by atoms with Crippen LogP contribution in [0.4, 0.5) is 0 Å². The van der Waals surface area contributed by atoms with Crippen LogP contribution in [0.2, 0.25) is 0 Å². The highest BCUT2D eigenvalue weighted by Crippen LogP contribution is 2.59. The zero-order valence-corrected chi connectivity index (χ0v) is 31.4.